The quantitative estimate of drug-likeness (QED) is 0.817. The van der Waals surface area contributed by atoms with Crippen LogP contribution in [0.1, 0.15) is 34.0 Å². The number of carbonyl (C=O) groups is 2. The zero-order valence-corrected chi connectivity index (χ0v) is 9.14. The number of hydrogen-bond acceptors (Lipinski definition) is 4. The Morgan fingerprint density at radius 2 is 1.88 bits per heavy atom. The van der Waals surface area contributed by atoms with Crippen LogP contribution in [-0.4, -0.2) is 36.2 Å². The third-order valence-electron chi connectivity index (χ3n) is 2.60. The van der Waals surface area contributed by atoms with Gasteiger partial charge in [-0.05, 0) is 25.0 Å². The summed E-state index contributed by atoms with van der Waals surface area (Å²) in [5.74, 6) is -1.78. The monoisotopic (exact) mass is 239 g/mol. The molecule has 0 radical (unpaired) electrons. The minimum atomic E-state index is -1.19. The van der Waals surface area contributed by atoms with Gasteiger partial charge in [0.2, 0.25) is 5.76 Å². The van der Waals surface area contributed by atoms with Gasteiger partial charge in [0.15, 0.2) is 5.76 Å². The van der Waals surface area contributed by atoms with Crippen molar-refractivity contribution in [3.05, 3.63) is 23.7 Å². The highest BCUT2D eigenvalue weighted by atomic mass is 16.5. The largest absolute Gasteiger partial charge is 0.475 e. The van der Waals surface area contributed by atoms with E-state index >= 15 is 0 Å². The molecule has 0 aromatic carbocycles. The second kappa shape index (κ2) is 5.01. The number of amides is 1. The van der Waals surface area contributed by atoms with Gasteiger partial charge >= 0.3 is 5.97 Å². The summed E-state index contributed by atoms with van der Waals surface area (Å²) in [7, 11) is 0. The van der Waals surface area contributed by atoms with E-state index in [9.17, 15) is 9.59 Å². The molecule has 0 aliphatic carbocycles. The Hall–Kier alpha value is -1.82. The molecule has 1 aliphatic rings. The molecule has 1 aliphatic heterocycles. The highest BCUT2D eigenvalue weighted by Gasteiger charge is 2.20. The normalized spacial score (nSPS) is 16.7. The van der Waals surface area contributed by atoms with Gasteiger partial charge in [-0.15, -0.1) is 0 Å². The van der Waals surface area contributed by atoms with Crippen LogP contribution in [0.25, 0.3) is 0 Å². The number of carboxylic acid groups (broad SMARTS) is 1. The third kappa shape index (κ3) is 2.85. The minimum absolute atomic E-state index is 0.0221. The van der Waals surface area contributed by atoms with Crippen molar-refractivity contribution in [2.45, 2.75) is 18.9 Å². The number of aromatic carboxylic acids is 1. The molecule has 0 bridgehead atoms. The summed E-state index contributed by atoms with van der Waals surface area (Å²) in [5.41, 5.74) is 0. The van der Waals surface area contributed by atoms with Crippen LogP contribution in [0.4, 0.5) is 0 Å². The molecule has 0 spiro atoms. The van der Waals surface area contributed by atoms with E-state index in [2.05, 4.69) is 5.32 Å². The van der Waals surface area contributed by atoms with E-state index in [1.807, 2.05) is 0 Å². The summed E-state index contributed by atoms with van der Waals surface area (Å²) in [6, 6.07) is 2.69. The maximum Gasteiger partial charge on any atom is 0.371 e. The molecule has 1 saturated heterocycles. The van der Waals surface area contributed by atoms with Gasteiger partial charge in [0, 0.05) is 19.3 Å². The smallest absolute Gasteiger partial charge is 0.371 e. The number of carboxylic acids is 1. The molecule has 2 rings (SSSR count). The van der Waals surface area contributed by atoms with Gasteiger partial charge < -0.3 is 19.6 Å². The van der Waals surface area contributed by atoms with Crippen LogP contribution in [-0.2, 0) is 4.74 Å². The van der Waals surface area contributed by atoms with E-state index < -0.39 is 5.97 Å². The molecule has 0 unspecified atom stereocenters. The second-order valence-corrected chi connectivity index (χ2v) is 3.83. The predicted molar refractivity (Wildman–Crippen MR) is 57.0 cm³/mol. The molecule has 6 heteroatoms. The molecule has 2 heterocycles. The lowest BCUT2D eigenvalue weighted by molar-refractivity contribution is 0.0652. The predicted octanol–water partition coefficient (Wildman–Crippen LogP) is 0.887. The van der Waals surface area contributed by atoms with E-state index in [0.717, 1.165) is 12.8 Å². The van der Waals surface area contributed by atoms with Gasteiger partial charge in [-0.25, -0.2) is 4.79 Å². The molecule has 6 nitrogen and oxygen atoms in total. The van der Waals surface area contributed by atoms with Gasteiger partial charge in [0.05, 0.1) is 0 Å². The van der Waals surface area contributed by atoms with Crippen molar-refractivity contribution in [1.82, 2.24) is 5.32 Å². The molecule has 92 valence electrons. The third-order valence-corrected chi connectivity index (χ3v) is 2.60. The molecule has 0 saturated carbocycles. The Morgan fingerprint density at radius 1 is 1.24 bits per heavy atom. The Kier molecular flexibility index (Phi) is 3.43. The number of nitrogens with one attached hydrogen (secondary N) is 1. The van der Waals surface area contributed by atoms with Gasteiger partial charge in [-0.2, -0.15) is 0 Å². The maximum atomic E-state index is 11.7. The molecule has 1 aromatic rings. The van der Waals surface area contributed by atoms with Crippen LogP contribution < -0.4 is 5.32 Å². The highest BCUT2D eigenvalue weighted by Crippen LogP contribution is 2.10. The number of hydrogen-bond donors (Lipinski definition) is 2. The summed E-state index contributed by atoms with van der Waals surface area (Å²) in [6.45, 7) is 1.26. The van der Waals surface area contributed by atoms with E-state index in [1.165, 1.54) is 12.1 Å². The Morgan fingerprint density at radius 3 is 2.47 bits per heavy atom. The van der Waals surface area contributed by atoms with Gasteiger partial charge in [0.1, 0.15) is 0 Å². The lowest BCUT2D eigenvalue weighted by Gasteiger charge is -2.22. The number of rotatable bonds is 3. The van der Waals surface area contributed by atoms with Crippen molar-refractivity contribution in [2.75, 3.05) is 13.2 Å². The average molecular weight is 239 g/mol. The number of carbonyl (C=O) groups excluding carboxylic acids is 1. The average Bonchev–Trinajstić information content (AvgIpc) is 2.79. The van der Waals surface area contributed by atoms with Crippen LogP contribution in [0.15, 0.2) is 16.5 Å². The van der Waals surface area contributed by atoms with Crippen molar-refractivity contribution >= 4 is 11.9 Å². The number of furan rings is 1. The van der Waals surface area contributed by atoms with E-state index in [-0.39, 0.29) is 23.5 Å². The van der Waals surface area contributed by atoms with Crippen molar-refractivity contribution in [1.29, 1.82) is 0 Å². The zero-order chi connectivity index (χ0) is 12.3. The summed E-state index contributed by atoms with van der Waals surface area (Å²) < 4.78 is 10.1. The van der Waals surface area contributed by atoms with Crippen molar-refractivity contribution in [2.24, 2.45) is 0 Å². The fourth-order valence-electron chi connectivity index (χ4n) is 1.67. The zero-order valence-electron chi connectivity index (χ0n) is 9.14. The maximum absolute atomic E-state index is 11.7. The summed E-state index contributed by atoms with van der Waals surface area (Å²) >= 11 is 0. The van der Waals surface area contributed by atoms with Crippen LogP contribution in [0.3, 0.4) is 0 Å². The first-order chi connectivity index (χ1) is 8.16. The first-order valence-corrected chi connectivity index (χ1v) is 5.38. The van der Waals surface area contributed by atoms with Crippen LogP contribution >= 0.6 is 0 Å². The first kappa shape index (κ1) is 11.7. The standard InChI is InChI=1S/C11H13NO5/c13-10(12-7-3-5-16-6-4-7)8-1-2-9(17-8)11(14)15/h1-2,7H,3-6H2,(H,12,13)(H,14,15). The van der Waals surface area contributed by atoms with Gasteiger partial charge in [0.25, 0.3) is 5.91 Å². The van der Waals surface area contributed by atoms with E-state index in [4.69, 9.17) is 14.3 Å². The van der Waals surface area contributed by atoms with Crippen LogP contribution in [0.5, 0.6) is 0 Å². The Balaban J connectivity index is 1.96. The summed E-state index contributed by atoms with van der Waals surface area (Å²) in [4.78, 5) is 22.3. The van der Waals surface area contributed by atoms with Crippen molar-refractivity contribution in [3.63, 3.8) is 0 Å². The van der Waals surface area contributed by atoms with Gasteiger partial charge in [-0.1, -0.05) is 0 Å². The number of ether oxygens (including phenoxy) is 1. The molecule has 0 atom stereocenters. The van der Waals surface area contributed by atoms with E-state index in [0.29, 0.717) is 13.2 Å². The van der Waals surface area contributed by atoms with Gasteiger partial charge in [-0.3, -0.25) is 4.79 Å². The van der Waals surface area contributed by atoms with Crippen LogP contribution in [0.2, 0.25) is 0 Å². The molecular formula is C11H13NO5. The molecule has 1 aromatic heterocycles. The lowest BCUT2D eigenvalue weighted by atomic mass is 10.1. The second-order valence-electron chi connectivity index (χ2n) is 3.83. The van der Waals surface area contributed by atoms with Crippen molar-refractivity contribution in [3.8, 4) is 0 Å². The minimum Gasteiger partial charge on any atom is -0.475 e. The molecule has 17 heavy (non-hydrogen) atoms. The Labute approximate surface area is 97.6 Å². The fraction of sp³-hybridized carbons (Fsp3) is 0.455. The first-order valence-electron chi connectivity index (χ1n) is 5.38. The fourth-order valence-corrected chi connectivity index (χ4v) is 1.67. The van der Waals surface area contributed by atoms with Crippen LogP contribution in [0, 0.1) is 0 Å². The summed E-state index contributed by atoms with van der Waals surface area (Å²) in [6.07, 6.45) is 1.52. The molecule has 2 N–H and O–H groups in total. The SMILES string of the molecule is O=C(O)c1ccc(C(=O)NC2CCOCC2)o1. The van der Waals surface area contributed by atoms with Crippen molar-refractivity contribution < 1.29 is 23.8 Å². The molecule has 1 amide bonds. The summed E-state index contributed by atoms with van der Waals surface area (Å²) in [5, 5.41) is 11.4. The topological polar surface area (TPSA) is 88.8 Å². The molecular weight excluding hydrogens is 226 g/mol. The Bertz CT molecular complexity index is 419. The lowest BCUT2D eigenvalue weighted by Crippen LogP contribution is -2.38. The van der Waals surface area contributed by atoms with E-state index in [1.54, 1.807) is 0 Å². The molecule has 1 fully saturated rings. The highest BCUT2D eigenvalue weighted by molar-refractivity contribution is 5.93.